The quantitative estimate of drug-likeness (QED) is 0.669. The molecule has 5 atom stereocenters. The van der Waals surface area contributed by atoms with Crippen LogP contribution in [0.5, 0.6) is 0 Å². The van der Waals surface area contributed by atoms with Crippen LogP contribution in [0.1, 0.15) is 46.5 Å². The van der Waals surface area contributed by atoms with Crippen molar-refractivity contribution < 1.29 is 9.53 Å². The second-order valence-corrected chi connectivity index (χ2v) is 5.19. The minimum absolute atomic E-state index is 0.101. The van der Waals surface area contributed by atoms with E-state index in [0.717, 1.165) is 24.2 Å². The number of carbonyl (C=O) groups is 1. The molecule has 0 heterocycles. The Morgan fingerprint density at radius 1 is 1.20 bits per heavy atom. The van der Waals surface area contributed by atoms with Crippen LogP contribution >= 0.6 is 0 Å². The minimum atomic E-state index is -0.101. The lowest BCUT2D eigenvalue weighted by molar-refractivity contribution is -0.150. The summed E-state index contributed by atoms with van der Waals surface area (Å²) in [5.74, 6) is 3.09. The summed E-state index contributed by atoms with van der Waals surface area (Å²) in [6, 6.07) is 0. The third-order valence-corrected chi connectivity index (χ3v) is 4.55. The molecular formula is C13H22O2. The Hall–Kier alpha value is -0.530. The lowest BCUT2D eigenvalue weighted by Gasteiger charge is -2.34. The first-order chi connectivity index (χ1) is 7.17. The first kappa shape index (κ1) is 11.0. The molecule has 0 radical (unpaired) electrons. The molecular weight excluding hydrogens is 188 g/mol. The Labute approximate surface area is 92.4 Å². The molecule has 2 fully saturated rings. The molecule has 2 aliphatic rings. The summed E-state index contributed by atoms with van der Waals surface area (Å²) in [4.78, 5) is 11.0. The van der Waals surface area contributed by atoms with Gasteiger partial charge in [-0.1, -0.05) is 26.7 Å². The van der Waals surface area contributed by atoms with E-state index in [1.165, 1.54) is 26.2 Å². The molecule has 0 N–H and O–H groups in total. The number of fused-ring (bicyclic) bond motifs is 2. The summed E-state index contributed by atoms with van der Waals surface area (Å²) in [6.07, 6.45) is 5.21. The molecule has 2 bridgehead atoms. The average molecular weight is 210 g/mol. The van der Waals surface area contributed by atoms with Crippen LogP contribution in [0.2, 0.25) is 0 Å². The highest BCUT2D eigenvalue weighted by Crippen LogP contribution is 2.55. The lowest BCUT2D eigenvalue weighted by Crippen LogP contribution is -2.33. The van der Waals surface area contributed by atoms with E-state index in [2.05, 4.69) is 13.8 Å². The van der Waals surface area contributed by atoms with Gasteiger partial charge >= 0.3 is 5.97 Å². The van der Waals surface area contributed by atoms with E-state index < -0.39 is 0 Å². The Morgan fingerprint density at radius 2 is 1.87 bits per heavy atom. The van der Waals surface area contributed by atoms with Gasteiger partial charge in [0.2, 0.25) is 0 Å². The van der Waals surface area contributed by atoms with Gasteiger partial charge in [0.15, 0.2) is 0 Å². The molecule has 0 aromatic rings. The van der Waals surface area contributed by atoms with Crippen LogP contribution in [0.25, 0.3) is 0 Å². The number of hydrogen-bond donors (Lipinski definition) is 0. The van der Waals surface area contributed by atoms with E-state index in [4.69, 9.17) is 4.74 Å². The van der Waals surface area contributed by atoms with E-state index >= 15 is 0 Å². The number of rotatable bonds is 3. The van der Waals surface area contributed by atoms with Gasteiger partial charge in [-0.3, -0.25) is 4.79 Å². The summed E-state index contributed by atoms with van der Waals surface area (Å²) in [5, 5.41) is 0. The third kappa shape index (κ3) is 1.79. The first-order valence-corrected chi connectivity index (χ1v) is 6.34. The molecule has 2 heteroatoms. The maximum atomic E-state index is 11.0. The van der Waals surface area contributed by atoms with Crippen molar-refractivity contribution in [2.75, 3.05) is 0 Å². The van der Waals surface area contributed by atoms with Gasteiger partial charge in [0.25, 0.3) is 0 Å². The maximum absolute atomic E-state index is 11.0. The molecule has 0 saturated heterocycles. The van der Waals surface area contributed by atoms with Crippen LogP contribution in [0.3, 0.4) is 0 Å². The van der Waals surface area contributed by atoms with Crippen LogP contribution < -0.4 is 0 Å². The number of hydrogen-bond acceptors (Lipinski definition) is 2. The van der Waals surface area contributed by atoms with Crippen molar-refractivity contribution >= 4 is 5.97 Å². The van der Waals surface area contributed by atoms with Gasteiger partial charge in [-0.15, -0.1) is 0 Å². The highest BCUT2D eigenvalue weighted by atomic mass is 16.5. The second-order valence-electron chi connectivity index (χ2n) is 5.19. The molecule has 0 aromatic heterocycles. The van der Waals surface area contributed by atoms with Crippen molar-refractivity contribution in [3.63, 3.8) is 0 Å². The zero-order valence-electron chi connectivity index (χ0n) is 10.0. The first-order valence-electron chi connectivity index (χ1n) is 6.34. The molecule has 15 heavy (non-hydrogen) atoms. The molecule has 2 rings (SSSR count). The Balaban J connectivity index is 2.04. The van der Waals surface area contributed by atoms with Crippen molar-refractivity contribution in [2.45, 2.75) is 52.6 Å². The zero-order valence-corrected chi connectivity index (χ0v) is 10.0. The van der Waals surface area contributed by atoms with Gasteiger partial charge in [0.05, 0.1) is 0 Å². The molecule has 86 valence electrons. The Morgan fingerprint density at radius 3 is 2.40 bits per heavy atom. The molecule has 0 spiro atoms. The van der Waals surface area contributed by atoms with Crippen molar-refractivity contribution in [2.24, 2.45) is 23.7 Å². The molecule has 5 unspecified atom stereocenters. The number of ether oxygens (including phenoxy) is 1. The van der Waals surface area contributed by atoms with E-state index in [9.17, 15) is 4.79 Å². The lowest BCUT2D eigenvalue weighted by atomic mass is 9.75. The van der Waals surface area contributed by atoms with Gasteiger partial charge in [0.1, 0.15) is 6.10 Å². The molecule has 2 nitrogen and oxygen atoms in total. The normalized spacial score (nSPS) is 43.3. The van der Waals surface area contributed by atoms with Crippen LogP contribution in [0.4, 0.5) is 0 Å². The fourth-order valence-electron chi connectivity index (χ4n) is 4.13. The highest BCUT2D eigenvalue weighted by molar-refractivity contribution is 5.66. The largest absolute Gasteiger partial charge is 0.462 e. The second kappa shape index (κ2) is 4.15. The standard InChI is InChI=1S/C13H22O2/c1-4-10-9-6-12(11(10)5-2)13(7-9)15-8(3)14/h9-13H,4-7H2,1-3H3. The van der Waals surface area contributed by atoms with E-state index in [1.54, 1.807) is 0 Å². The van der Waals surface area contributed by atoms with E-state index in [1.807, 2.05) is 0 Å². The maximum Gasteiger partial charge on any atom is 0.302 e. The number of carbonyl (C=O) groups excluding carboxylic acids is 1. The summed E-state index contributed by atoms with van der Waals surface area (Å²) in [5.41, 5.74) is 0. The molecule has 2 saturated carbocycles. The molecule has 0 amide bonds. The third-order valence-electron chi connectivity index (χ3n) is 4.55. The van der Waals surface area contributed by atoms with Crippen LogP contribution in [-0.4, -0.2) is 12.1 Å². The molecule has 0 aliphatic heterocycles. The smallest absolute Gasteiger partial charge is 0.302 e. The van der Waals surface area contributed by atoms with Crippen molar-refractivity contribution in [1.82, 2.24) is 0 Å². The summed E-state index contributed by atoms with van der Waals surface area (Å²) in [6.45, 7) is 6.11. The number of esters is 1. The van der Waals surface area contributed by atoms with Crippen molar-refractivity contribution in [1.29, 1.82) is 0 Å². The Bertz CT molecular complexity index is 249. The van der Waals surface area contributed by atoms with Crippen molar-refractivity contribution in [3.05, 3.63) is 0 Å². The summed E-state index contributed by atoms with van der Waals surface area (Å²) >= 11 is 0. The molecule has 2 aliphatic carbocycles. The fraction of sp³-hybridized carbons (Fsp3) is 0.923. The minimum Gasteiger partial charge on any atom is -0.462 e. The van der Waals surface area contributed by atoms with Gasteiger partial charge in [-0.2, -0.15) is 0 Å². The SMILES string of the molecule is CCC1C2CC(OC(C)=O)C(C2)C1CC. The van der Waals surface area contributed by atoms with Gasteiger partial charge < -0.3 is 4.74 Å². The zero-order chi connectivity index (χ0) is 11.0. The van der Waals surface area contributed by atoms with Gasteiger partial charge in [-0.05, 0) is 36.5 Å². The van der Waals surface area contributed by atoms with Crippen LogP contribution in [0, 0.1) is 23.7 Å². The van der Waals surface area contributed by atoms with E-state index in [-0.39, 0.29) is 12.1 Å². The average Bonchev–Trinajstić information content (AvgIpc) is 2.72. The fourth-order valence-corrected chi connectivity index (χ4v) is 4.13. The predicted molar refractivity (Wildman–Crippen MR) is 59.3 cm³/mol. The highest BCUT2D eigenvalue weighted by Gasteiger charge is 2.52. The summed E-state index contributed by atoms with van der Waals surface area (Å²) in [7, 11) is 0. The van der Waals surface area contributed by atoms with Gasteiger partial charge in [-0.25, -0.2) is 0 Å². The van der Waals surface area contributed by atoms with Crippen molar-refractivity contribution in [3.8, 4) is 0 Å². The van der Waals surface area contributed by atoms with E-state index in [0.29, 0.717) is 5.92 Å². The predicted octanol–water partition coefficient (Wildman–Crippen LogP) is 3.01. The topological polar surface area (TPSA) is 26.3 Å². The molecule has 0 aromatic carbocycles. The summed E-state index contributed by atoms with van der Waals surface area (Å²) < 4.78 is 5.43. The van der Waals surface area contributed by atoms with Gasteiger partial charge in [0, 0.05) is 6.92 Å². The van der Waals surface area contributed by atoms with Crippen LogP contribution in [0.15, 0.2) is 0 Å². The monoisotopic (exact) mass is 210 g/mol. The Kier molecular flexibility index (Phi) is 3.03. The van der Waals surface area contributed by atoms with Crippen LogP contribution in [-0.2, 0) is 9.53 Å².